The van der Waals surface area contributed by atoms with Crippen LogP contribution in [0.3, 0.4) is 0 Å². The smallest absolute Gasteiger partial charge is 0.404 e. The lowest BCUT2D eigenvalue weighted by molar-refractivity contribution is 0.174. The number of aromatic nitrogens is 2. The van der Waals surface area contributed by atoms with Crippen molar-refractivity contribution in [2.45, 2.75) is 33.2 Å². The van der Waals surface area contributed by atoms with E-state index in [2.05, 4.69) is 51.7 Å². The molecule has 1 atom stereocenters. The molecule has 5 heteroatoms. The largest absolute Gasteiger partial charge is 0.465 e. The van der Waals surface area contributed by atoms with Gasteiger partial charge < -0.3 is 15.4 Å². The quantitative estimate of drug-likeness (QED) is 0.599. The van der Waals surface area contributed by atoms with Gasteiger partial charge in [0.2, 0.25) is 0 Å². The van der Waals surface area contributed by atoms with Crippen LogP contribution in [0.1, 0.15) is 26.6 Å². The van der Waals surface area contributed by atoms with Gasteiger partial charge in [-0.25, -0.2) is 9.78 Å². The van der Waals surface area contributed by atoms with Crippen LogP contribution >= 0.6 is 0 Å². The van der Waals surface area contributed by atoms with Gasteiger partial charge in [-0.3, -0.25) is 0 Å². The molecule has 0 fully saturated rings. The summed E-state index contributed by atoms with van der Waals surface area (Å²) in [6.07, 6.45) is 1.30. The van der Waals surface area contributed by atoms with Crippen LogP contribution in [0.25, 0.3) is 22.4 Å². The molecule has 3 rings (SSSR count). The number of benzene rings is 2. The molecule has 1 unspecified atom stereocenters. The summed E-state index contributed by atoms with van der Waals surface area (Å²) in [7, 11) is 0. The maximum Gasteiger partial charge on any atom is 0.404 e. The minimum Gasteiger partial charge on any atom is -0.465 e. The van der Waals surface area contributed by atoms with E-state index < -0.39 is 6.09 Å². The highest BCUT2D eigenvalue weighted by atomic mass is 16.4. The van der Waals surface area contributed by atoms with Crippen LogP contribution in [0.2, 0.25) is 0 Å². The molecule has 3 N–H and O–H groups in total. The van der Waals surface area contributed by atoms with Crippen molar-refractivity contribution >= 4 is 6.09 Å². The second kappa shape index (κ2) is 7.66. The lowest BCUT2D eigenvalue weighted by Crippen LogP contribution is -2.44. The zero-order valence-electron chi connectivity index (χ0n) is 15.9. The Morgan fingerprint density at radius 3 is 2.22 bits per heavy atom. The molecule has 0 saturated heterocycles. The number of hydrogen-bond acceptors (Lipinski definition) is 2. The Balaban J connectivity index is 1.76. The first kappa shape index (κ1) is 18.7. The molecule has 0 radical (unpaired) electrons. The van der Waals surface area contributed by atoms with Crippen molar-refractivity contribution in [1.82, 2.24) is 15.3 Å². The molecule has 0 bridgehead atoms. The third kappa shape index (κ3) is 4.76. The topological polar surface area (TPSA) is 78.0 Å². The van der Waals surface area contributed by atoms with Crippen molar-refractivity contribution in [1.29, 1.82) is 0 Å². The number of carbonyl (C=O) groups is 1. The normalized spacial score (nSPS) is 12.6. The SMILES string of the molecule is CC(C)(C)C(Cc1ncc(-c2ccc(-c3ccccc3)cc2)[nH]1)NC(=O)O. The average molecular weight is 363 g/mol. The van der Waals surface area contributed by atoms with E-state index >= 15 is 0 Å². The van der Waals surface area contributed by atoms with Gasteiger partial charge in [-0.05, 0) is 22.1 Å². The molecule has 0 aliphatic rings. The minimum atomic E-state index is -1.02. The number of amides is 1. The average Bonchev–Trinajstić information content (AvgIpc) is 3.10. The monoisotopic (exact) mass is 363 g/mol. The minimum absolute atomic E-state index is 0.206. The van der Waals surface area contributed by atoms with Crippen LogP contribution < -0.4 is 5.32 Å². The first-order valence-corrected chi connectivity index (χ1v) is 9.02. The van der Waals surface area contributed by atoms with Crippen LogP contribution in [-0.4, -0.2) is 27.2 Å². The van der Waals surface area contributed by atoms with E-state index in [1.807, 2.05) is 39.0 Å². The fraction of sp³-hybridized carbons (Fsp3) is 0.273. The summed E-state index contributed by atoms with van der Waals surface area (Å²) in [5, 5.41) is 11.7. The first-order valence-electron chi connectivity index (χ1n) is 9.02. The fourth-order valence-corrected chi connectivity index (χ4v) is 3.00. The molecule has 1 heterocycles. The molecule has 0 aliphatic heterocycles. The number of nitrogens with zero attached hydrogens (tertiary/aromatic N) is 1. The summed E-state index contributed by atoms with van der Waals surface area (Å²) in [6, 6.07) is 18.3. The summed E-state index contributed by atoms with van der Waals surface area (Å²) in [6.45, 7) is 6.04. The van der Waals surface area contributed by atoms with Crippen molar-refractivity contribution in [3.63, 3.8) is 0 Å². The number of hydrogen-bond donors (Lipinski definition) is 3. The molecule has 27 heavy (non-hydrogen) atoms. The molecule has 5 nitrogen and oxygen atoms in total. The Hall–Kier alpha value is -3.08. The summed E-state index contributed by atoms with van der Waals surface area (Å²) in [4.78, 5) is 18.8. The summed E-state index contributed by atoms with van der Waals surface area (Å²) in [5.74, 6) is 0.769. The molecular weight excluding hydrogens is 338 g/mol. The maximum absolute atomic E-state index is 11.1. The van der Waals surface area contributed by atoms with Crippen LogP contribution in [0, 0.1) is 5.41 Å². The third-order valence-electron chi connectivity index (χ3n) is 4.67. The van der Waals surface area contributed by atoms with E-state index in [4.69, 9.17) is 5.11 Å². The molecule has 1 amide bonds. The standard InChI is InChI=1S/C22H25N3O2/c1-22(2,3)19(25-21(26)27)13-20-23-14-18(24-20)17-11-9-16(10-12-17)15-7-5-4-6-8-15/h4-12,14,19,25H,13H2,1-3H3,(H,23,24)(H,26,27). The molecule has 0 spiro atoms. The lowest BCUT2D eigenvalue weighted by Gasteiger charge is -2.29. The molecule has 1 aromatic heterocycles. The zero-order valence-corrected chi connectivity index (χ0v) is 15.9. The van der Waals surface area contributed by atoms with Crippen molar-refractivity contribution < 1.29 is 9.90 Å². The van der Waals surface area contributed by atoms with Crippen LogP contribution in [0.5, 0.6) is 0 Å². The van der Waals surface area contributed by atoms with Gasteiger partial charge in [0.15, 0.2) is 0 Å². The van der Waals surface area contributed by atoms with Gasteiger partial charge in [0, 0.05) is 12.5 Å². The molecule has 3 aromatic rings. The predicted molar refractivity (Wildman–Crippen MR) is 108 cm³/mol. The number of rotatable bonds is 5. The van der Waals surface area contributed by atoms with Crippen LogP contribution in [0.4, 0.5) is 4.79 Å². The van der Waals surface area contributed by atoms with E-state index in [0.29, 0.717) is 6.42 Å². The molecular formula is C22H25N3O2. The Kier molecular flexibility index (Phi) is 5.31. The number of nitrogens with one attached hydrogen (secondary N) is 2. The van der Waals surface area contributed by atoms with Gasteiger partial charge >= 0.3 is 6.09 Å². The highest BCUT2D eigenvalue weighted by molar-refractivity contribution is 5.68. The second-order valence-electron chi connectivity index (χ2n) is 7.76. The first-order chi connectivity index (χ1) is 12.8. The predicted octanol–water partition coefficient (Wildman–Crippen LogP) is 4.97. The van der Waals surface area contributed by atoms with Crippen molar-refractivity contribution in [2.24, 2.45) is 5.41 Å². The summed E-state index contributed by atoms with van der Waals surface area (Å²) < 4.78 is 0. The van der Waals surface area contributed by atoms with E-state index in [0.717, 1.165) is 22.6 Å². The number of H-pyrrole nitrogens is 1. The number of aromatic amines is 1. The molecule has 0 saturated carbocycles. The number of imidazole rings is 1. The van der Waals surface area contributed by atoms with Crippen LogP contribution in [-0.2, 0) is 6.42 Å². The van der Waals surface area contributed by atoms with Gasteiger partial charge in [-0.1, -0.05) is 75.4 Å². The van der Waals surface area contributed by atoms with Crippen molar-refractivity contribution in [2.75, 3.05) is 0 Å². The zero-order chi connectivity index (χ0) is 19.4. The summed E-state index contributed by atoms with van der Waals surface area (Å²) in [5.41, 5.74) is 4.11. The van der Waals surface area contributed by atoms with E-state index in [1.54, 1.807) is 6.20 Å². The highest BCUT2D eigenvalue weighted by Gasteiger charge is 2.27. The van der Waals surface area contributed by atoms with Gasteiger partial charge in [0.25, 0.3) is 0 Å². The Labute approximate surface area is 159 Å². The fourth-order valence-electron chi connectivity index (χ4n) is 3.00. The Morgan fingerprint density at radius 2 is 1.63 bits per heavy atom. The van der Waals surface area contributed by atoms with E-state index in [1.165, 1.54) is 5.56 Å². The van der Waals surface area contributed by atoms with Gasteiger partial charge in [0.05, 0.1) is 11.9 Å². The second-order valence-corrected chi connectivity index (χ2v) is 7.76. The lowest BCUT2D eigenvalue weighted by atomic mass is 9.84. The maximum atomic E-state index is 11.1. The van der Waals surface area contributed by atoms with E-state index in [9.17, 15) is 4.79 Å². The van der Waals surface area contributed by atoms with Crippen molar-refractivity contribution in [3.8, 4) is 22.4 Å². The van der Waals surface area contributed by atoms with Gasteiger partial charge in [0.1, 0.15) is 5.82 Å². The van der Waals surface area contributed by atoms with Crippen molar-refractivity contribution in [3.05, 3.63) is 66.6 Å². The molecule has 0 aliphatic carbocycles. The van der Waals surface area contributed by atoms with Crippen LogP contribution in [0.15, 0.2) is 60.8 Å². The summed E-state index contributed by atoms with van der Waals surface area (Å²) >= 11 is 0. The Bertz CT molecular complexity index is 893. The van der Waals surface area contributed by atoms with Gasteiger partial charge in [-0.15, -0.1) is 0 Å². The van der Waals surface area contributed by atoms with Gasteiger partial charge in [-0.2, -0.15) is 0 Å². The molecule has 140 valence electrons. The Morgan fingerprint density at radius 1 is 1.04 bits per heavy atom. The third-order valence-corrected chi connectivity index (χ3v) is 4.67. The van der Waals surface area contributed by atoms with E-state index in [-0.39, 0.29) is 11.5 Å². The molecule has 2 aromatic carbocycles. The number of carboxylic acid groups (broad SMARTS) is 1. The highest BCUT2D eigenvalue weighted by Crippen LogP contribution is 2.25.